The first-order valence-corrected chi connectivity index (χ1v) is 7.16. The number of amides is 1. The van der Waals surface area contributed by atoms with Gasteiger partial charge in [0.1, 0.15) is 5.69 Å². The van der Waals surface area contributed by atoms with Crippen LogP contribution in [0.15, 0.2) is 24.3 Å². The number of nitrogens with one attached hydrogen (secondary N) is 2. The fourth-order valence-corrected chi connectivity index (χ4v) is 2.86. The molecule has 1 amide bonds. The van der Waals surface area contributed by atoms with Crippen LogP contribution < -0.4 is 10.6 Å². The molecule has 1 heterocycles. The highest BCUT2D eigenvalue weighted by Gasteiger charge is 2.19. The number of carbonyl (C=O) groups is 1. The lowest BCUT2D eigenvalue weighted by atomic mass is 10.2. The molecule has 1 aromatic carbocycles. The molecule has 1 saturated heterocycles. The van der Waals surface area contributed by atoms with Crippen molar-refractivity contribution in [3.05, 3.63) is 34.4 Å². The number of hydrogen-bond acceptors (Lipinski definition) is 5. The minimum absolute atomic E-state index is 0.0816. The summed E-state index contributed by atoms with van der Waals surface area (Å²) in [5.74, 6) is 1.75. The van der Waals surface area contributed by atoms with Crippen LogP contribution in [0, 0.1) is 10.1 Å². The molecule has 1 aliphatic rings. The van der Waals surface area contributed by atoms with Crippen molar-refractivity contribution in [3.63, 3.8) is 0 Å². The lowest BCUT2D eigenvalue weighted by Gasteiger charge is -2.22. The predicted octanol–water partition coefficient (Wildman–Crippen LogP) is 1.63. The number of benzene rings is 1. The molecule has 1 atom stereocenters. The molecular weight excluding hydrogens is 266 g/mol. The Morgan fingerprint density at radius 2 is 2.32 bits per heavy atom. The normalized spacial score (nSPS) is 18.8. The first-order chi connectivity index (χ1) is 9.16. The molecule has 1 aliphatic heterocycles. The van der Waals surface area contributed by atoms with Gasteiger partial charge in [-0.2, -0.15) is 11.8 Å². The van der Waals surface area contributed by atoms with E-state index in [1.165, 1.54) is 6.07 Å². The number of nitro benzene ring substituents is 1. The molecule has 0 aromatic heterocycles. The topological polar surface area (TPSA) is 84.3 Å². The third kappa shape index (κ3) is 3.93. The van der Waals surface area contributed by atoms with E-state index in [0.717, 1.165) is 18.1 Å². The van der Waals surface area contributed by atoms with Crippen LogP contribution in [0.1, 0.15) is 6.42 Å². The van der Waals surface area contributed by atoms with Gasteiger partial charge in [-0.3, -0.25) is 14.9 Å². The predicted molar refractivity (Wildman–Crippen MR) is 75.5 cm³/mol. The van der Waals surface area contributed by atoms with Crippen molar-refractivity contribution in [2.24, 2.45) is 0 Å². The third-order valence-corrected chi connectivity index (χ3v) is 3.94. The second-order valence-corrected chi connectivity index (χ2v) is 5.40. The van der Waals surface area contributed by atoms with Crippen LogP contribution in [0.3, 0.4) is 0 Å². The van der Waals surface area contributed by atoms with Gasteiger partial charge in [-0.05, 0) is 6.07 Å². The Bertz CT molecular complexity index is 475. The number of nitro groups is 1. The maximum Gasteiger partial charge on any atom is 0.292 e. The molecule has 0 bridgehead atoms. The Hall–Kier alpha value is -1.60. The van der Waals surface area contributed by atoms with E-state index >= 15 is 0 Å². The summed E-state index contributed by atoms with van der Waals surface area (Å²) < 4.78 is 0. The van der Waals surface area contributed by atoms with Gasteiger partial charge in [0, 0.05) is 36.6 Å². The summed E-state index contributed by atoms with van der Waals surface area (Å²) >= 11 is 1.81. The van der Waals surface area contributed by atoms with Crippen molar-refractivity contribution in [1.29, 1.82) is 0 Å². The molecule has 2 rings (SSSR count). The molecule has 2 N–H and O–H groups in total. The number of anilines is 1. The summed E-state index contributed by atoms with van der Waals surface area (Å²) in [6.45, 7) is 0.897. The van der Waals surface area contributed by atoms with Gasteiger partial charge in [0.2, 0.25) is 5.91 Å². The molecule has 102 valence electrons. The lowest BCUT2D eigenvalue weighted by Crippen LogP contribution is -2.39. The maximum atomic E-state index is 11.9. The third-order valence-electron chi connectivity index (χ3n) is 2.81. The molecular formula is C12H15N3O3S. The van der Waals surface area contributed by atoms with Crippen molar-refractivity contribution < 1.29 is 9.72 Å². The van der Waals surface area contributed by atoms with Crippen molar-refractivity contribution in [2.75, 3.05) is 23.4 Å². The first kappa shape index (κ1) is 13.8. The van der Waals surface area contributed by atoms with Crippen molar-refractivity contribution in [2.45, 2.75) is 12.5 Å². The highest BCUT2D eigenvalue weighted by atomic mass is 32.2. The fraction of sp³-hybridized carbons (Fsp3) is 0.417. The average Bonchev–Trinajstić information content (AvgIpc) is 2.40. The van der Waals surface area contributed by atoms with Gasteiger partial charge in [-0.1, -0.05) is 12.1 Å². The first-order valence-electron chi connectivity index (χ1n) is 6.01. The second kappa shape index (κ2) is 6.53. The number of rotatable bonds is 4. The van der Waals surface area contributed by atoms with Gasteiger partial charge < -0.3 is 10.6 Å². The van der Waals surface area contributed by atoms with E-state index in [0.29, 0.717) is 6.42 Å². The van der Waals surface area contributed by atoms with Gasteiger partial charge in [-0.15, -0.1) is 0 Å². The maximum absolute atomic E-state index is 11.9. The number of thioether (sulfide) groups is 1. The second-order valence-electron chi connectivity index (χ2n) is 4.25. The Morgan fingerprint density at radius 1 is 1.53 bits per heavy atom. The van der Waals surface area contributed by atoms with E-state index in [4.69, 9.17) is 0 Å². The Balaban J connectivity index is 1.96. The van der Waals surface area contributed by atoms with Gasteiger partial charge in [0.25, 0.3) is 5.69 Å². The van der Waals surface area contributed by atoms with Crippen molar-refractivity contribution in [1.82, 2.24) is 5.32 Å². The molecule has 19 heavy (non-hydrogen) atoms. The SMILES string of the molecule is O=C(CC1CSCCN1)Nc1ccccc1[N+](=O)[O-]. The van der Waals surface area contributed by atoms with Crippen LogP contribution >= 0.6 is 11.8 Å². The fourth-order valence-electron chi connectivity index (χ4n) is 1.91. The van der Waals surface area contributed by atoms with Gasteiger partial charge in [-0.25, -0.2) is 0 Å². The molecule has 0 saturated carbocycles. The van der Waals surface area contributed by atoms with Crippen molar-refractivity contribution >= 4 is 29.0 Å². The highest BCUT2D eigenvalue weighted by Crippen LogP contribution is 2.23. The molecule has 1 fully saturated rings. The average molecular weight is 281 g/mol. The van der Waals surface area contributed by atoms with Gasteiger partial charge in [0.05, 0.1) is 4.92 Å². The molecule has 1 unspecified atom stereocenters. The minimum atomic E-state index is -0.496. The van der Waals surface area contributed by atoms with E-state index in [1.807, 2.05) is 11.8 Å². The summed E-state index contributed by atoms with van der Waals surface area (Å²) in [7, 11) is 0. The van der Waals surface area contributed by atoms with E-state index in [2.05, 4.69) is 10.6 Å². The van der Waals surface area contributed by atoms with Crippen molar-refractivity contribution in [3.8, 4) is 0 Å². The summed E-state index contributed by atoms with van der Waals surface area (Å²) in [6, 6.07) is 6.30. The standard InChI is InChI=1S/C12H15N3O3S/c16-12(7-9-8-19-6-5-13-9)14-10-3-1-2-4-11(10)15(17)18/h1-4,9,13H,5-8H2,(H,14,16). The number of nitrogens with zero attached hydrogens (tertiary/aromatic N) is 1. The molecule has 0 aliphatic carbocycles. The monoisotopic (exact) mass is 281 g/mol. The lowest BCUT2D eigenvalue weighted by molar-refractivity contribution is -0.383. The van der Waals surface area contributed by atoms with Crippen LogP contribution in [0.4, 0.5) is 11.4 Å². The Kier molecular flexibility index (Phi) is 4.75. The Labute approximate surface area is 115 Å². The van der Waals surface area contributed by atoms with Gasteiger partial charge in [0.15, 0.2) is 0 Å². The van der Waals surface area contributed by atoms with E-state index in [9.17, 15) is 14.9 Å². The van der Waals surface area contributed by atoms with E-state index in [1.54, 1.807) is 18.2 Å². The molecule has 0 spiro atoms. The summed E-state index contributed by atoms with van der Waals surface area (Å²) in [4.78, 5) is 22.2. The van der Waals surface area contributed by atoms with E-state index in [-0.39, 0.29) is 23.3 Å². The smallest absolute Gasteiger partial charge is 0.292 e. The zero-order valence-corrected chi connectivity index (χ0v) is 11.1. The highest BCUT2D eigenvalue weighted by molar-refractivity contribution is 7.99. The quantitative estimate of drug-likeness (QED) is 0.647. The molecule has 6 nitrogen and oxygen atoms in total. The Morgan fingerprint density at radius 3 is 3.00 bits per heavy atom. The molecule has 1 aromatic rings. The van der Waals surface area contributed by atoms with Crippen LogP contribution in [-0.4, -0.2) is 34.9 Å². The summed E-state index contributed by atoms with van der Waals surface area (Å²) in [5.41, 5.74) is 0.169. The van der Waals surface area contributed by atoms with Gasteiger partial charge >= 0.3 is 0 Å². The number of hydrogen-bond donors (Lipinski definition) is 2. The van der Waals surface area contributed by atoms with Crippen LogP contribution in [0.5, 0.6) is 0 Å². The summed E-state index contributed by atoms with van der Waals surface area (Å²) in [5, 5.41) is 16.7. The number of carbonyl (C=O) groups excluding carboxylic acids is 1. The molecule has 7 heteroatoms. The number of para-hydroxylation sites is 2. The van der Waals surface area contributed by atoms with Crippen LogP contribution in [-0.2, 0) is 4.79 Å². The summed E-state index contributed by atoms with van der Waals surface area (Å²) in [6.07, 6.45) is 0.332. The zero-order chi connectivity index (χ0) is 13.7. The minimum Gasteiger partial charge on any atom is -0.320 e. The molecule has 0 radical (unpaired) electrons. The van der Waals surface area contributed by atoms with Crippen LogP contribution in [0.2, 0.25) is 0 Å². The van der Waals surface area contributed by atoms with Crippen LogP contribution in [0.25, 0.3) is 0 Å². The largest absolute Gasteiger partial charge is 0.320 e. The zero-order valence-electron chi connectivity index (χ0n) is 10.3. The van der Waals surface area contributed by atoms with E-state index < -0.39 is 4.92 Å².